The number of piperidine rings is 3. The van der Waals surface area contributed by atoms with Gasteiger partial charge in [-0.2, -0.15) is 0 Å². The van der Waals surface area contributed by atoms with Gasteiger partial charge in [0.15, 0.2) is 0 Å². The molecule has 1 unspecified atom stereocenters. The highest BCUT2D eigenvalue weighted by atomic mass is 16.7. The van der Waals surface area contributed by atoms with Gasteiger partial charge in [0, 0.05) is 20.4 Å². The first-order valence-corrected chi connectivity index (χ1v) is 5.76. The van der Waals surface area contributed by atoms with Gasteiger partial charge in [0.05, 0.1) is 0 Å². The Bertz CT molecular complexity index is 296. The largest absolute Gasteiger partial charge is 0.474 e. The predicted octanol–water partition coefficient (Wildman–Crippen LogP) is 0.994. The number of oxime groups is 1. The standard InChI is InChI=1S/C11H18N2O3/c1-8(12-16-9(2)14)15-11-7-13-5-3-10(11)4-6-13/h10-11H,3-7H2,1-2H3/b12-8+. The van der Waals surface area contributed by atoms with Crippen LogP contribution in [-0.2, 0) is 14.4 Å². The zero-order valence-electron chi connectivity index (χ0n) is 9.81. The maximum absolute atomic E-state index is 10.6. The van der Waals surface area contributed by atoms with E-state index in [4.69, 9.17) is 4.74 Å². The van der Waals surface area contributed by atoms with Crippen molar-refractivity contribution in [3.05, 3.63) is 0 Å². The maximum atomic E-state index is 10.6. The van der Waals surface area contributed by atoms with E-state index in [2.05, 4.69) is 14.9 Å². The molecule has 90 valence electrons. The molecule has 0 N–H and O–H groups in total. The number of ether oxygens (including phenoxy) is 1. The second-order valence-corrected chi connectivity index (χ2v) is 4.49. The van der Waals surface area contributed by atoms with Crippen molar-refractivity contribution < 1.29 is 14.4 Å². The fourth-order valence-electron chi connectivity index (χ4n) is 2.41. The molecule has 3 aliphatic rings. The van der Waals surface area contributed by atoms with Crippen LogP contribution in [-0.4, -0.2) is 42.5 Å². The Balaban J connectivity index is 1.85. The lowest BCUT2D eigenvalue weighted by molar-refractivity contribution is -0.141. The van der Waals surface area contributed by atoms with E-state index in [1.54, 1.807) is 6.92 Å². The minimum Gasteiger partial charge on any atom is -0.474 e. The molecule has 0 aromatic carbocycles. The molecule has 1 atom stereocenters. The third kappa shape index (κ3) is 2.72. The van der Waals surface area contributed by atoms with Crippen LogP contribution < -0.4 is 0 Å². The average Bonchev–Trinajstić information content (AvgIpc) is 2.28. The molecule has 16 heavy (non-hydrogen) atoms. The van der Waals surface area contributed by atoms with Crippen LogP contribution in [0.4, 0.5) is 0 Å². The fraction of sp³-hybridized carbons (Fsp3) is 0.818. The van der Waals surface area contributed by atoms with Crippen LogP contribution in [0.15, 0.2) is 5.16 Å². The Kier molecular flexibility index (Phi) is 3.43. The van der Waals surface area contributed by atoms with Gasteiger partial charge in [0.2, 0.25) is 5.90 Å². The van der Waals surface area contributed by atoms with Crippen LogP contribution >= 0.6 is 0 Å². The van der Waals surface area contributed by atoms with E-state index in [1.807, 2.05) is 0 Å². The smallest absolute Gasteiger partial charge is 0.332 e. The molecule has 0 aliphatic carbocycles. The van der Waals surface area contributed by atoms with Crippen LogP contribution in [0.3, 0.4) is 0 Å². The lowest BCUT2D eigenvalue weighted by Crippen LogP contribution is -2.51. The van der Waals surface area contributed by atoms with Gasteiger partial charge in [0.25, 0.3) is 0 Å². The lowest BCUT2D eigenvalue weighted by atomic mass is 9.86. The molecule has 3 heterocycles. The van der Waals surface area contributed by atoms with E-state index in [1.165, 1.54) is 32.9 Å². The van der Waals surface area contributed by atoms with Gasteiger partial charge in [0.1, 0.15) is 6.10 Å². The highest BCUT2D eigenvalue weighted by Gasteiger charge is 2.35. The van der Waals surface area contributed by atoms with Crippen LogP contribution in [0, 0.1) is 5.92 Å². The van der Waals surface area contributed by atoms with Gasteiger partial charge in [-0.05, 0) is 37.0 Å². The summed E-state index contributed by atoms with van der Waals surface area (Å²) in [6.07, 6.45) is 2.61. The average molecular weight is 226 g/mol. The monoisotopic (exact) mass is 226 g/mol. The van der Waals surface area contributed by atoms with Crippen molar-refractivity contribution in [1.82, 2.24) is 4.90 Å². The van der Waals surface area contributed by atoms with Gasteiger partial charge in [-0.1, -0.05) is 0 Å². The lowest BCUT2D eigenvalue weighted by Gasteiger charge is -2.44. The highest BCUT2D eigenvalue weighted by molar-refractivity contribution is 5.74. The minimum absolute atomic E-state index is 0.210. The molecule has 3 saturated heterocycles. The minimum atomic E-state index is -0.420. The zero-order chi connectivity index (χ0) is 11.5. The number of rotatable bonds is 2. The van der Waals surface area contributed by atoms with E-state index >= 15 is 0 Å². The Morgan fingerprint density at radius 2 is 2.00 bits per heavy atom. The molecular formula is C11H18N2O3. The first-order valence-electron chi connectivity index (χ1n) is 5.76. The maximum Gasteiger partial charge on any atom is 0.332 e. The van der Waals surface area contributed by atoms with Crippen molar-refractivity contribution in [1.29, 1.82) is 0 Å². The van der Waals surface area contributed by atoms with Crippen molar-refractivity contribution >= 4 is 11.9 Å². The number of hydrogen-bond acceptors (Lipinski definition) is 5. The molecular weight excluding hydrogens is 208 g/mol. The SMILES string of the molecule is CC(=O)O/N=C(\C)OC1CN2CCC1CC2. The summed E-state index contributed by atoms with van der Waals surface area (Å²) < 4.78 is 5.71. The summed E-state index contributed by atoms with van der Waals surface area (Å²) in [5, 5.41) is 3.63. The van der Waals surface area contributed by atoms with Crippen molar-refractivity contribution in [2.75, 3.05) is 19.6 Å². The number of carbonyl (C=O) groups is 1. The molecule has 3 aliphatic heterocycles. The van der Waals surface area contributed by atoms with Gasteiger partial charge < -0.3 is 9.57 Å². The molecule has 0 aromatic heterocycles. The Labute approximate surface area is 95.4 Å². The molecule has 0 amide bonds. The summed E-state index contributed by atoms with van der Waals surface area (Å²) >= 11 is 0. The third-order valence-electron chi connectivity index (χ3n) is 3.22. The van der Waals surface area contributed by atoms with Crippen molar-refractivity contribution in [3.8, 4) is 0 Å². The van der Waals surface area contributed by atoms with Crippen LogP contribution in [0.2, 0.25) is 0 Å². The molecule has 3 rings (SSSR count). The first kappa shape index (κ1) is 11.4. The van der Waals surface area contributed by atoms with E-state index < -0.39 is 5.97 Å². The third-order valence-corrected chi connectivity index (χ3v) is 3.22. The summed E-state index contributed by atoms with van der Waals surface area (Å²) in [4.78, 5) is 17.5. The van der Waals surface area contributed by atoms with Gasteiger partial charge in [-0.15, -0.1) is 0 Å². The number of carbonyl (C=O) groups excluding carboxylic acids is 1. The van der Waals surface area contributed by atoms with E-state index in [9.17, 15) is 4.79 Å². The molecule has 0 radical (unpaired) electrons. The molecule has 5 nitrogen and oxygen atoms in total. The summed E-state index contributed by atoms with van der Waals surface area (Å²) in [5.74, 6) is 0.651. The first-order chi connectivity index (χ1) is 7.65. The number of hydrogen-bond donors (Lipinski definition) is 0. The topological polar surface area (TPSA) is 51.1 Å². The molecule has 5 heteroatoms. The van der Waals surface area contributed by atoms with Gasteiger partial charge in [-0.3, -0.25) is 4.90 Å². The molecule has 0 saturated carbocycles. The zero-order valence-corrected chi connectivity index (χ0v) is 9.81. The summed E-state index contributed by atoms with van der Waals surface area (Å²) in [6, 6.07) is 0. The second kappa shape index (κ2) is 4.82. The summed E-state index contributed by atoms with van der Waals surface area (Å²) in [7, 11) is 0. The van der Waals surface area contributed by atoms with Crippen LogP contribution in [0.5, 0.6) is 0 Å². The van der Waals surface area contributed by atoms with E-state index in [0.717, 1.165) is 6.54 Å². The quantitative estimate of drug-likeness (QED) is 0.305. The molecule has 0 aromatic rings. The Hall–Kier alpha value is -1.10. The molecule has 3 fully saturated rings. The van der Waals surface area contributed by atoms with Crippen molar-refractivity contribution in [3.63, 3.8) is 0 Å². The summed E-state index contributed by atoms with van der Waals surface area (Å²) in [5.41, 5.74) is 0. The van der Waals surface area contributed by atoms with Crippen LogP contribution in [0.25, 0.3) is 0 Å². The highest BCUT2D eigenvalue weighted by Crippen LogP contribution is 2.29. The Morgan fingerprint density at radius 1 is 1.31 bits per heavy atom. The normalized spacial score (nSPS) is 33.6. The van der Waals surface area contributed by atoms with E-state index in [-0.39, 0.29) is 6.10 Å². The molecule has 2 bridgehead atoms. The van der Waals surface area contributed by atoms with Gasteiger partial charge >= 0.3 is 5.97 Å². The second-order valence-electron chi connectivity index (χ2n) is 4.49. The fourth-order valence-corrected chi connectivity index (χ4v) is 2.41. The van der Waals surface area contributed by atoms with Crippen LogP contribution in [0.1, 0.15) is 26.7 Å². The predicted molar refractivity (Wildman–Crippen MR) is 58.9 cm³/mol. The van der Waals surface area contributed by atoms with Gasteiger partial charge in [-0.25, -0.2) is 4.79 Å². The molecule has 0 spiro atoms. The van der Waals surface area contributed by atoms with Crippen molar-refractivity contribution in [2.45, 2.75) is 32.8 Å². The van der Waals surface area contributed by atoms with Crippen molar-refractivity contribution in [2.24, 2.45) is 11.1 Å². The number of fused-ring (bicyclic) bond motifs is 3. The number of nitrogens with zero attached hydrogens (tertiary/aromatic N) is 2. The van der Waals surface area contributed by atoms with E-state index in [0.29, 0.717) is 11.8 Å². The Morgan fingerprint density at radius 3 is 2.50 bits per heavy atom. The summed E-state index contributed by atoms with van der Waals surface area (Å²) in [6.45, 7) is 6.39.